The number of hydrogen-bond donors (Lipinski definition) is 2. The summed E-state index contributed by atoms with van der Waals surface area (Å²) in [6.45, 7) is 2.61. The number of halogens is 3. The Bertz CT molecular complexity index is 1220. The second-order valence-electron chi connectivity index (χ2n) is 7.15. The van der Waals surface area contributed by atoms with Crippen molar-refractivity contribution in [1.82, 2.24) is 24.2 Å². The first kappa shape index (κ1) is 22.0. The maximum absolute atomic E-state index is 12.8. The van der Waals surface area contributed by atoms with Crippen molar-refractivity contribution in [3.05, 3.63) is 47.8 Å². The number of imidazole rings is 1. The van der Waals surface area contributed by atoms with Crippen molar-refractivity contribution in [2.24, 2.45) is 0 Å². The molecule has 3 heterocycles. The van der Waals surface area contributed by atoms with Crippen molar-refractivity contribution in [3.8, 4) is 17.4 Å². The lowest BCUT2D eigenvalue weighted by Crippen LogP contribution is -2.21. The minimum absolute atomic E-state index is 0.0362. The predicted molar refractivity (Wildman–Crippen MR) is 108 cm³/mol. The van der Waals surface area contributed by atoms with E-state index in [0.717, 1.165) is 18.3 Å². The van der Waals surface area contributed by atoms with Crippen molar-refractivity contribution in [2.75, 3.05) is 12.4 Å². The van der Waals surface area contributed by atoms with Crippen LogP contribution in [0, 0.1) is 0 Å². The predicted octanol–water partition coefficient (Wildman–Crippen LogP) is 2.66. The second-order valence-corrected chi connectivity index (χ2v) is 8.98. The highest BCUT2D eigenvalue weighted by molar-refractivity contribution is 7.89. The van der Waals surface area contributed by atoms with Crippen LogP contribution in [0.4, 0.5) is 19.0 Å². The Kier molecular flexibility index (Phi) is 5.54. The molecule has 0 saturated heterocycles. The van der Waals surface area contributed by atoms with Crippen molar-refractivity contribution in [3.63, 3.8) is 0 Å². The number of benzene rings is 1. The van der Waals surface area contributed by atoms with Crippen LogP contribution in [-0.2, 0) is 29.3 Å². The van der Waals surface area contributed by atoms with E-state index in [2.05, 4.69) is 25.0 Å². The highest BCUT2D eigenvalue weighted by Crippen LogP contribution is 2.31. The van der Waals surface area contributed by atoms with Gasteiger partial charge in [0.1, 0.15) is 17.5 Å². The van der Waals surface area contributed by atoms with Crippen molar-refractivity contribution in [2.45, 2.75) is 37.3 Å². The molecule has 0 aliphatic carbocycles. The topological polar surface area (TPSA) is 111 Å². The maximum Gasteiger partial charge on any atom is 0.416 e. The van der Waals surface area contributed by atoms with Crippen LogP contribution in [0.1, 0.15) is 18.1 Å². The SMILES string of the molecule is CNS(=O)(=O)c1cnc(NCc2ccc(C(F)(F)F)cc2)c(-c2cn3c(n2)O[C@H](C)C3)n1. The normalized spacial score (nSPS) is 16.0. The average Bonchev–Trinajstić information content (AvgIpc) is 3.29. The van der Waals surface area contributed by atoms with Crippen LogP contribution in [0.3, 0.4) is 0 Å². The first-order valence-corrected chi connectivity index (χ1v) is 11.0. The number of hydrogen-bond acceptors (Lipinski definition) is 7. The number of alkyl halides is 3. The first-order valence-electron chi connectivity index (χ1n) is 9.51. The standard InChI is InChI=1S/C19H19F3N6O3S/c1-11-9-28-10-14(26-18(28)31-11)16-17(25-8-15(27-16)32(29,30)23-2)24-7-12-3-5-13(6-4-12)19(20,21)22/h3-6,8,10-11,23H,7,9H2,1-2H3,(H,24,25)/t11-/m1/s1. The van der Waals surface area contributed by atoms with Gasteiger partial charge in [0, 0.05) is 12.7 Å². The van der Waals surface area contributed by atoms with Gasteiger partial charge in [0.15, 0.2) is 10.8 Å². The number of aromatic nitrogens is 4. The maximum atomic E-state index is 12.8. The third-order valence-electron chi connectivity index (χ3n) is 4.78. The second kappa shape index (κ2) is 8.06. The zero-order valence-electron chi connectivity index (χ0n) is 17.0. The van der Waals surface area contributed by atoms with E-state index in [-0.39, 0.29) is 29.2 Å². The third kappa shape index (κ3) is 4.39. The van der Waals surface area contributed by atoms with Crippen LogP contribution in [0.5, 0.6) is 6.01 Å². The Morgan fingerprint density at radius 1 is 1.22 bits per heavy atom. The lowest BCUT2D eigenvalue weighted by Gasteiger charge is -2.12. The molecule has 0 fully saturated rings. The van der Waals surface area contributed by atoms with E-state index in [1.165, 1.54) is 19.2 Å². The van der Waals surface area contributed by atoms with Gasteiger partial charge in [-0.15, -0.1) is 0 Å². The number of sulfonamides is 1. The van der Waals surface area contributed by atoms with Crippen LogP contribution >= 0.6 is 0 Å². The molecular formula is C19H19F3N6O3S. The molecule has 0 saturated carbocycles. The van der Waals surface area contributed by atoms with Gasteiger partial charge in [-0.05, 0) is 31.7 Å². The van der Waals surface area contributed by atoms with E-state index < -0.39 is 21.8 Å². The average molecular weight is 468 g/mol. The zero-order chi connectivity index (χ0) is 23.1. The molecular weight excluding hydrogens is 449 g/mol. The number of rotatable bonds is 6. The van der Waals surface area contributed by atoms with Crippen molar-refractivity contribution in [1.29, 1.82) is 0 Å². The van der Waals surface area contributed by atoms with E-state index in [1.807, 2.05) is 6.92 Å². The number of anilines is 1. The molecule has 1 atom stereocenters. The molecule has 3 aromatic rings. The van der Waals surface area contributed by atoms with Gasteiger partial charge in [0.2, 0.25) is 0 Å². The van der Waals surface area contributed by atoms with Crippen LogP contribution in [0.2, 0.25) is 0 Å². The summed E-state index contributed by atoms with van der Waals surface area (Å²) in [6.07, 6.45) is -1.68. The van der Waals surface area contributed by atoms with Gasteiger partial charge in [-0.2, -0.15) is 18.2 Å². The quantitative estimate of drug-likeness (QED) is 0.572. The molecule has 4 rings (SSSR count). The highest BCUT2D eigenvalue weighted by atomic mass is 32.2. The molecule has 0 unspecified atom stereocenters. The Balaban J connectivity index is 1.65. The Labute approximate surface area is 181 Å². The molecule has 13 heteroatoms. The fourth-order valence-electron chi connectivity index (χ4n) is 3.14. The highest BCUT2D eigenvalue weighted by Gasteiger charge is 2.30. The van der Waals surface area contributed by atoms with Gasteiger partial charge in [-0.1, -0.05) is 12.1 Å². The largest absolute Gasteiger partial charge is 0.460 e. The molecule has 1 aliphatic heterocycles. The fraction of sp³-hybridized carbons (Fsp3) is 0.316. The smallest absolute Gasteiger partial charge is 0.416 e. The molecule has 170 valence electrons. The van der Waals surface area contributed by atoms with Crippen LogP contribution in [-0.4, -0.2) is 41.1 Å². The molecule has 0 bridgehead atoms. The zero-order valence-corrected chi connectivity index (χ0v) is 17.8. The van der Waals surface area contributed by atoms with Crippen molar-refractivity contribution >= 4 is 15.8 Å². The van der Waals surface area contributed by atoms with Gasteiger partial charge in [0.05, 0.1) is 18.3 Å². The van der Waals surface area contributed by atoms with Crippen LogP contribution < -0.4 is 14.8 Å². The van der Waals surface area contributed by atoms with Gasteiger partial charge >= 0.3 is 6.18 Å². The Morgan fingerprint density at radius 2 is 1.94 bits per heavy atom. The van der Waals surface area contributed by atoms with E-state index in [9.17, 15) is 21.6 Å². The summed E-state index contributed by atoms with van der Waals surface area (Å²) in [5.41, 5.74) is 0.348. The molecule has 0 amide bonds. The van der Waals surface area contributed by atoms with E-state index >= 15 is 0 Å². The summed E-state index contributed by atoms with van der Waals surface area (Å²) in [6, 6.07) is 5.06. The Morgan fingerprint density at radius 3 is 2.56 bits per heavy atom. The number of fused-ring (bicyclic) bond motifs is 1. The van der Waals surface area contributed by atoms with Gasteiger partial charge in [-0.3, -0.25) is 4.57 Å². The van der Waals surface area contributed by atoms with E-state index in [4.69, 9.17) is 4.74 Å². The summed E-state index contributed by atoms with van der Waals surface area (Å²) in [5.74, 6) is 0.227. The van der Waals surface area contributed by atoms with E-state index in [0.29, 0.717) is 23.8 Å². The van der Waals surface area contributed by atoms with Gasteiger partial charge < -0.3 is 10.1 Å². The molecule has 32 heavy (non-hydrogen) atoms. The fourth-order valence-corrected chi connectivity index (χ4v) is 3.76. The molecule has 0 radical (unpaired) electrons. The summed E-state index contributed by atoms with van der Waals surface area (Å²) < 4.78 is 72.2. The van der Waals surface area contributed by atoms with Gasteiger partial charge in [0.25, 0.3) is 16.0 Å². The summed E-state index contributed by atoms with van der Waals surface area (Å²) >= 11 is 0. The molecule has 0 spiro atoms. The Hall–Kier alpha value is -3.19. The van der Waals surface area contributed by atoms with Crippen LogP contribution in [0.25, 0.3) is 11.4 Å². The third-order valence-corrected chi connectivity index (χ3v) is 6.06. The van der Waals surface area contributed by atoms with Crippen molar-refractivity contribution < 1.29 is 26.3 Å². The van der Waals surface area contributed by atoms with E-state index in [1.54, 1.807) is 10.8 Å². The molecule has 1 aromatic carbocycles. The minimum Gasteiger partial charge on any atom is -0.460 e. The number of nitrogens with one attached hydrogen (secondary N) is 2. The molecule has 9 nitrogen and oxygen atoms in total. The number of nitrogens with zero attached hydrogens (tertiary/aromatic N) is 4. The number of ether oxygens (including phenoxy) is 1. The molecule has 2 aromatic heterocycles. The summed E-state index contributed by atoms with van der Waals surface area (Å²) in [4.78, 5) is 12.8. The molecule has 1 aliphatic rings. The van der Waals surface area contributed by atoms with Gasteiger partial charge in [-0.25, -0.2) is 23.1 Å². The lowest BCUT2D eigenvalue weighted by atomic mass is 10.1. The first-order chi connectivity index (χ1) is 15.1. The minimum atomic E-state index is -4.42. The van der Waals surface area contributed by atoms with Crippen LogP contribution in [0.15, 0.2) is 41.7 Å². The monoisotopic (exact) mass is 468 g/mol. The summed E-state index contributed by atoms with van der Waals surface area (Å²) in [7, 11) is -2.60. The summed E-state index contributed by atoms with van der Waals surface area (Å²) in [5, 5.41) is 2.70. The lowest BCUT2D eigenvalue weighted by molar-refractivity contribution is -0.137. The molecule has 2 N–H and O–H groups in total.